The molecular weight excluding hydrogens is 218 g/mol. The number of aromatic nitrogens is 1. The topological polar surface area (TPSA) is 48.7 Å². The summed E-state index contributed by atoms with van der Waals surface area (Å²) in [5.74, 6) is 0. The van der Waals surface area contributed by atoms with Crippen molar-refractivity contribution >= 4 is 17.0 Å². The molecule has 0 atom stereocenters. The Labute approximate surface area is 98.4 Å². The van der Waals surface area contributed by atoms with Crippen LogP contribution in [0.25, 0.3) is 0 Å². The molecule has 2 rings (SSSR count). The third-order valence-electron chi connectivity index (χ3n) is 2.16. The molecule has 0 saturated heterocycles. The molecule has 0 aliphatic heterocycles. The Hall–Kier alpha value is -1.86. The Morgan fingerprint density at radius 2 is 2.31 bits per heavy atom. The SMILES string of the molecule is N#Cc1ccc(NCCc2cccs2)cn1. The number of hydrogen-bond donors (Lipinski definition) is 1. The van der Waals surface area contributed by atoms with Gasteiger partial charge in [0.15, 0.2) is 0 Å². The number of nitriles is 1. The maximum absolute atomic E-state index is 8.60. The second-order valence-electron chi connectivity index (χ2n) is 3.30. The van der Waals surface area contributed by atoms with E-state index < -0.39 is 0 Å². The Morgan fingerprint density at radius 1 is 1.38 bits per heavy atom. The van der Waals surface area contributed by atoms with Crippen molar-refractivity contribution in [3.63, 3.8) is 0 Å². The van der Waals surface area contributed by atoms with Gasteiger partial charge in [-0.25, -0.2) is 4.98 Å². The van der Waals surface area contributed by atoms with Crippen LogP contribution in [0.4, 0.5) is 5.69 Å². The summed E-state index contributed by atoms with van der Waals surface area (Å²) in [4.78, 5) is 5.36. The zero-order valence-corrected chi connectivity index (χ0v) is 9.50. The predicted molar refractivity (Wildman–Crippen MR) is 65.5 cm³/mol. The van der Waals surface area contributed by atoms with Gasteiger partial charge >= 0.3 is 0 Å². The normalized spacial score (nSPS) is 9.69. The molecule has 0 radical (unpaired) electrons. The highest BCUT2D eigenvalue weighted by Gasteiger charge is 1.96. The van der Waals surface area contributed by atoms with Crippen LogP contribution >= 0.6 is 11.3 Å². The fraction of sp³-hybridized carbons (Fsp3) is 0.167. The van der Waals surface area contributed by atoms with E-state index in [1.165, 1.54) is 4.88 Å². The summed E-state index contributed by atoms with van der Waals surface area (Å²) in [6.07, 6.45) is 2.70. The summed E-state index contributed by atoms with van der Waals surface area (Å²) in [7, 11) is 0. The zero-order valence-electron chi connectivity index (χ0n) is 8.68. The lowest BCUT2D eigenvalue weighted by Crippen LogP contribution is -2.04. The molecule has 0 bridgehead atoms. The largest absolute Gasteiger partial charge is 0.383 e. The summed E-state index contributed by atoms with van der Waals surface area (Å²) in [6.45, 7) is 0.883. The van der Waals surface area contributed by atoms with E-state index in [1.807, 2.05) is 12.1 Å². The highest BCUT2D eigenvalue weighted by Crippen LogP contribution is 2.10. The number of nitrogens with zero attached hydrogens (tertiary/aromatic N) is 2. The summed E-state index contributed by atoms with van der Waals surface area (Å²) in [5.41, 5.74) is 1.40. The van der Waals surface area contributed by atoms with E-state index >= 15 is 0 Å². The molecule has 0 saturated carbocycles. The summed E-state index contributed by atoms with van der Waals surface area (Å²) >= 11 is 1.77. The maximum Gasteiger partial charge on any atom is 0.140 e. The summed E-state index contributed by atoms with van der Waals surface area (Å²) < 4.78 is 0. The van der Waals surface area contributed by atoms with Gasteiger partial charge in [-0.15, -0.1) is 11.3 Å². The molecule has 16 heavy (non-hydrogen) atoms. The Bertz CT molecular complexity index is 468. The van der Waals surface area contributed by atoms with Crippen LogP contribution in [0.2, 0.25) is 0 Å². The molecule has 0 unspecified atom stereocenters. The third-order valence-corrected chi connectivity index (χ3v) is 3.09. The lowest BCUT2D eigenvalue weighted by molar-refractivity contribution is 1.04. The second-order valence-corrected chi connectivity index (χ2v) is 4.33. The van der Waals surface area contributed by atoms with Crippen molar-refractivity contribution in [2.45, 2.75) is 6.42 Å². The van der Waals surface area contributed by atoms with Gasteiger partial charge in [-0.3, -0.25) is 0 Å². The van der Waals surface area contributed by atoms with Crippen LogP contribution in [0.1, 0.15) is 10.6 Å². The highest BCUT2D eigenvalue weighted by atomic mass is 32.1. The summed E-state index contributed by atoms with van der Waals surface area (Å²) in [5, 5.41) is 13.9. The van der Waals surface area contributed by atoms with Crippen LogP contribution in [0.5, 0.6) is 0 Å². The van der Waals surface area contributed by atoms with Crippen LogP contribution in [0.15, 0.2) is 35.8 Å². The first-order chi connectivity index (χ1) is 7.88. The number of anilines is 1. The molecule has 3 nitrogen and oxygen atoms in total. The quantitative estimate of drug-likeness (QED) is 0.876. The van der Waals surface area contributed by atoms with Crippen molar-refractivity contribution in [3.05, 3.63) is 46.4 Å². The molecule has 0 fully saturated rings. The molecule has 0 aromatic carbocycles. The van der Waals surface area contributed by atoms with Crippen LogP contribution < -0.4 is 5.32 Å². The van der Waals surface area contributed by atoms with E-state index in [4.69, 9.17) is 5.26 Å². The standard InChI is InChI=1S/C12H11N3S/c13-8-10-3-4-11(9-15-10)14-6-5-12-2-1-7-16-12/h1-4,7,9,14H,5-6H2. The van der Waals surface area contributed by atoms with Crippen molar-refractivity contribution in [1.29, 1.82) is 5.26 Å². The second kappa shape index (κ2) is 5.29. The third kappa shape index (κ3) is 2.81. The number of nitrogens with one attached hydrogen (secondary N) is 1. The lowest BCUT2D eigenvalue weighted by atomic mass is 10.3. The van der Waals surface area contributed by atoms with Gasteiger partial charge in [0.05, 0.1) is 11.9 Å². The molecule has 80 valence electrons. The van der Waals surface area contributed by atoms with Crippen molar-refractivity contribution in [2.24, 2.45) is 0 Å². The molecule has 0 amide bonds. The van der Waals surface area contributed by atoms with Crippen LogP contribution in [0.3, 0.4) is 0 Å². The molecule has 0 aliphatic carbocycles. The first-order valence-electron chi connectivity index (χ1n) is 5.01. The van der Waals surface area contributed by atoms with Crippen molar-refractivity contribution in [3.8, 4) is 6.07 Å². The molecular formula is C12H11N3S. The molecule has 0 spiro atoms. The monoisotopic (exact) mass is 229 g/mol. The maximum atomic E-state index is 8.60. The average Bonchev–Trinajstić information content (AvgIpc) is 2.83. The lowest BCUT2D eigenvalue weighted by Gasteiger charge is -2.04. The van der Waals surface area contributed by atoms with Gasteiger partial charge < -0.3 is 5.32 Å². The molecule has 2 aromatic heterocycles. The Kier molecular flexibility index (Phi) is 3.52. The smallest absolute Gasteiger partial charge is 0.140 e. The van der Waals surface area contributed by atoms with Gasteiger partial charge in [0, 0.05) is 11.4 Å². The first kappa shape index (κ1) is 10.7. The number of hydrogen-bond acceptors (Lipinski definition) is 4. The van der Waals surface area contributed by atoms with E-state index in [-0.39, 0.29) is 0 Å². The molecule has 2 aromatic rings. The van der Waals surface area contributed by atoms with Gasteiger partial charge in [-0.05, 0) is 30.0 Å². The predicted octanol–water partition coefficient (Wildman–Crippen LogP) is 2.67. The molecule has 2 heterocycles. The van der Waals surface area contributed by atoms with Crippen LogP contribution in [-0.4, -0.2) is 11.5 Å². The molecule has 1 N–H and O–H groups in total. The van der Waals surface area contributed by atoms with E-state index in [9.17, 15) is 0 Å². The van der Waals surface area contributed by atoms with Crippen molar-refractivity contribution in [1.82, 2.24) is 4.98 Å². The van der Waals surface area contributed by atoms with Gasteiger partial charge in [-0.2, -0.15) is 5.26 Å². The minimum absolute atomic E-state index is 0.448. The van der Waals surface area contributed by atoms with Gasteiger partial charge in [0.1, 0.15) is 11.8 Å². The minimum Gasteiger partial charge on any atom is -0.383 e. The minimum atomic E-state index is 0.448. The molecule has 0 aliphatic rings. The fourth-order valence-electron chi connectivity index (χ4n) is 1.35. The van der Waals surface area contributed by atoms with E-state index in [0.29, 0.717) is 5.69 Å². The fourth-order valence-corrected chi connectivity index (χ4v) is 2.06. The molecule has 4 heteroatoms. The number of rotatable bonds is 4. The van der Waals surface area contributed by atoms with E-state index in [0.717, 1.165) is 18.7 Å². The van der Waals surface area contributed by atoms with Gasteiger partial charge in [0.25, 0.3) is 0 Å². The van der Waals surface area contributed by atoms with Gasteiger partial charge in [0.2, 0.25) is 0 Å². The average molecular weight is 229 g/mol. The van der Waals surface area contributed by atoms with Gasteiger partial charge in [-0.1, -0.05) is 6.07 Å². The Balaban J connectivity index is 1.83. The highest BCUT2D eigenvalue weighted by molar-refractivity contribution is 7.09. The van der Waals surface area contributed by atoms with Crippen LogP contribution in [-0.2, 0) is 6.42 Å². The van der Waals surface area contributed by atoms with Crippen molar-refractivity contribution < 1.29 is 0 Å². The number of thiophene rings is 1. The van der Waals surface area contributed by atoms with Crippen LogP contribution in [0, 0.1) is 11.3 Å². The van der Waals surface area contributed by atoms with E-state index in [1.54, 1.807) is 23.6 Å². The number of pyridine rings is 1. The zero-order chi connectivity index (χ0) is 11.2. The van der Waals surface area contributed by atoms with E-state index in [2.05, 4.69) is 27.8 Å². The Morgan fingerprint density at radius 3 is 2.94 bits per heavy atom. The summed E-state index contributed by atoms with van der Waals surface area (Å²) in [6, 6.07) is 9.77. The first-order valence-corrected chi connectivity index (χ1v) is 5.89. The van der Waals surface area contributed by atoms with Crippen molar-refractivity contribution in [2.75, 3.05) is 11.9 Å².